The van der Waals surface area contributed by atoms with Crippen molar-refractivity contribution in [2.24, 2.45) is 0 Å². The van der Waals surface area contributed by atoms with E-state index in [1.807, 2.05) is 18.3 Å². The quantitative estimate of drug-likeness (QED) is 0.541. The Morgan fingerprint density at radius 2 is 2.28 bits per heavy atom. The van der Waals surface area contributed by atoms with Gasteiger partial charge in [-0.25, -0.2) is 0 Å². The van der Waals surface area contributed by atoms with Crippen LogP contribution >= 0.6 is 11.8 Å². The Balaban J connectivity index is 1.71. The van der Waals surface area contributed by atoms with Crippen LogP contribution in [0.1, 0.15) is 19.3 Å². The number of hydrogen-bond acceptors (Lipinski definition) is 5. The van der Waals surface area contributed by atoms with E-state index in [1.165, 1.54) is 0 Å². The molecule has 128 valence electrons. The van der Waals surface area contributed by atoms with Crippen molar-refractivity contribution in [3.8, 4) is 17.5 Å². The predicted molar refractivity (Wildman–Crippen MR) is 97.2 cm³/mol. The number of ether oxygens (including phenoxy) is 1. The summed E-state index contributed by atoms with van der Waals surface area (Å²) in [4.78, 5) is 3.31. The number of hydrogen-bond donors (Lipinski definition) is 1. The number of nitrogens with one attached hydrogen (secondary N) is 1. The van der Waals surface area contributed by atoms with Gasteiger partial charge < -0.3 is 9.72 Å². The largest absolute Gasteiger partial charge is 0.376 e. The van der Waals surface area contributed by atoms with Gasteiger partial charge in [-0.05, 0) is 18.9 Å². The summed E-state index contributed by atoms with van der Waals surface area (Å²) in [5, 5.41) is 19.6. The smallest absolute Gasteiger partial charge is 0.191 e. The second-order valence-corrected chi connectivity index (χ2v) is 7.12. The summed E-state index contributed by atoms with van der Waals surface area (Å²) < 4.78 is 7.97. The Bertz CT molecular complexity index is 904. The summed E-state index contributed by atoms with van der Waals surface area (Å²) in [6, 6.07) is 10.4. The lowest BCUT2D eigenvalue weighted by atomic mass is 10.1. The Morgan fingerprint density at radius 1 is 1.36 bits per heavy atom. The second-order valence-electron chi connectivity index (χ2n) is 6.06. The van der Waals surface area contributed by atoms with Crippen LogP contribution in [0, 0.1) is 11.3 Å². The van der Waals surface area contributed by atoms with Crippen molar-refractivity contribution in [3.63, 3.8) is 0 Å². The van der Waals surface area contributed by atoms with Gasteiger partial charge in [-0.2, -0.15) is 5.26 Å². The van der Waals surface area contributed by atoms with Gasteiger partial charge in [-0.1, -0.05) is 30.0 Å². The summed E-state index contributed by atoms with van der Waals surface area (Å²) in [7, 11) is 0. The number of aromatic amines is 1. The number of nitrogens with zero attached hydrogens (tertiary/aromatic N) is 4. The molecular formula is C18H19N5OS. The van der Waals surface area contributed by atoms with Crippen molar-refractivity contribution in [1.82, 2.24) is 19.7 Å². The van der Waals surface area contributed by atoms with E-state index in [4.69, 9.17) is 10.00 Å². The van der Waals surface area contributed by atoms with E-state index in [-0.39, 0.29) is 6.10 Å². The van der Waals surface area contributed by atoms with Crippen LogP contribution in [0.15, 0.2) is 35.6 Å². The van der Waals surface area contributed by atoms with Crippen LogP contribution < -0.4 is 0 Å². The number of para-hydroxylation sites is 1. The molecule has 0 saturated carbocycles. The van der Waals surface area contributed by atoms with Crippen molar-refractivity contribution in [2.75, 3.05) is 12.4 Å². The Morgan fingerprint density at radius 3 is 3.12 bits per heavy atom. The molecular weight excluding hydrogens is 334 g/mol. The van der Waals surface area contributed by atoms with Gasteiger partial charge >= 0.3 is 0 Å². The third kappa shape index (κ3) is 3.28. The van der Waals surface area contributed by atoms with Gasteiger partial charge in [0.25, 0.3) is 0 Å². The van der Waals surface area contributed by atoms with Gasteiger partial charge in [0, 0.05) is 41.4 Å². The van der Waals surface area contributed by atoms with Crippen LogP contribution in [0.2, 0.25) is 0 Å². The molecule has 1 aliphatic heterocycles. The highest BCUT2D eigenvalue weighted by Crippen LogP contribution is 2.31. The first-order valence-corrected chi connectivity index (χ1v) is 9.46. The molecule has 2 aromatic heterocycles. The minimum Gasteiger partial charge on any atom is -0.376 e. The number of rotatable bonds is 6. The highest BCUT2D eigenvalue weighted by atomic mass is 32.2. The Labute approximate surface area is 150 Å². The standard InChI is InChI=1S/C18H19N5OS/c19-8-4-10-25-18-22-21-17(23(18)12-13-5-3-9-24-13)15-11-20-16-7-2-1-6-14(15)16/h1-2,6-7,11,13,20H,3-5,9-10,12H2. The van der Waals surface area contributed by atoms with E-state index in [2.05, 4.69) is 38.0 Å². The maximum Gasteiger partial charge on any atom is 0.191 e. The molecule has 0 amide bonds. The average Bonchev–Trinajstić information content (AvgIpc) is 3.36. The maximum atomic E-state index is 8.79. The zero-order chi connectivity index (χ0) is 17.1. The molecule has 7 heteroatoms. The molecule has 1 unspecified atom stereocenters. The third-order valence-corrected chi connectivity index (χ3v) is 5.37. The SMILES string of the molecule is N#CCCSc1nnc(-c2c[nH]c3ccccc23)n1CC1CCCO1. The van der Waals surface area contributed by atoms with Crippen LogP contribution in [0.3, 0.4) is 0 Å². The molecule has 3 heterocycles. The number of aromatic nitrogens is 4. The topological polar surface area (TPSA) is 79.5 Å². The van der Waals surface area contributed by atoms with E-state index in [1.54, 1.807) is 11.8 Å². The first kappa shape index (κ1) is 16.2. The molecule has 4 rings (SSSR count). The molecule has 0 radical (unpaired) electrons. The van der Waals surface area contributed by atoms with Crippen molar-refractivity contribution in [3.05, 3.63) is 30.5 Å². The van der Waals surface area contributed by atoms with Gasteiger partial charge in [0.15, 0.2) is 11.0 Å². The lowest BCUT2D eigenvalue weighted by Gasteiger charge is -2.14. The molecule has 1 N–H and O–H groups in total. The minimum absolute atomic E-state index is 0.204. The Kier molecular flexibility index (Phi) is 4.72. The number of thioether (sulfide) groups is 1. The lowest BCUT2D eigenvalue weighted by molar-refractivity contribution is 0.0953. The molecule has 1 atom stereocenters. The van der Waals surface area contributed by atoms with Gasteiger partial charge in [0.1, 0.15) is 0 Å². The van der Waals surface area contributed by atoms with Crippen LogP contribution in [0.5, 0.6) is 0 Å². The third-order valence-electron chi connectivity index (χ3n) is 4.40. The van der Waals surface area contributed by atoms with E-state index >= 15 is 0 Å². The van der Waals surface area contributed by atoms with Crippen molar-refractivity contribution in [2.45, 2.75) is 37.1 Å². The molecule has 0 aliphatic carbocycles. The van der Waals surface area contributed by atoms with Gasteiger partial charge in [-0.15, -0.1) is 10.2 Å². The van der Waals surface area contributed by atoms with Crippen molar-refractivity contribution in [1.29, 1.82) is 5.26 Å². The van der Waals surface area contributed by atoms with Crippen LogP contribution in [-0.2, 0) is 11.3 Å². The predicted octanol–water partition coefficient (Wildman–Crippen LogP) is 3.61. The summed E-state index contributed by atoms with van der Waals surface area (Å²) in [5.41, 5.74) is 2.14. The van der Waals surface area contributed by atoms with Crippen LogP contribution in [-0.4, -0.2) is 38.2 Å². The van der Waals surface area contributed by atoms with Gasteiger partial charge in [0.2, 0.25) is 0 Å². The zero-order valence-electron chi connectivity index (χ0n) is 13.8. The fraction of sp³-hybridized carbons (Fsp3) is 0.389. The number of fused-ring (bicyclic) bond motifs is 1. The number of benzene rings is 1. The maximum absolute atomic E-state index is 8.79. The fourth-order valence-corrected chi connectivity index (χ4v) is 3.99. The van der Waals surface area contributed by atoms with E-state index < -0.39 is 0 Å². The molecule has 1 saturated heterocycles. The van der Waals surface area contributed by atoms with E-state index in [0.717, 1.165) is 53.4 Å². The van der Waals surface area contributed by atoms with E-state index in [0.29, 0.717) is 12.2 Å². The van der Waals surface area contributed by atoms with Crippen molar-refractivity contribution < 1.29 is 4.74 Å². The number of H-pyrrole nitrogens is 1. The monoisotopic (exact) mass is 353 g/mol. The van der Waals surface area contributed by atoms with Gasteiger partial charge in [-0.3, -0.25) is 4.57 Å². The number of nitriles is 1. The molecule has 0 bridgehead atoms. The van der Waals surface area contributed by atoms with E-state index in [9.17, 15) is 0 Å². The molecule has 3 aromatic rings. The normalized spacial score (nSPS) is 17.2. The van der Waals surface area contributed by atoms with Crippen LogP contribution in [0.25, 0.3) is 22.3 Å². The molecule has 1 aromatic carbocycles. The second kappa shape index (κ2) is 7.30. The summed E-state index contributed by atoms with van der Waals surface area (Å²) in [6.45, 7) is 1.57. The Hall–Kier alpha value is -2.30. The van der Waals surface area contributed by atoms with Crippen molar-refractivity contribution >= 4 is 22.7 Å². The highest BCUT2D eigenvalue weighted by Gasteiger charge is 2.22. The fourth-order valence-electron chi connectivity index (χ4n) is 3.20. The highest BCUT2D eigenvalue weighted by molar-refractivity contribution is 7.99. The summed E-state index contributed by atoms with van der Waals surface area (Å²) in [6.07, 6.45) is 4.86. The molecule has 0 spiro atoms. The molecule has 6 nitrogen and oxygen atoms in total. The average molecular weight is 353 g/mol. The lowest BCUT2D eigenvalue weighted by Crippen LogP contribution is -2.16. The van der Waals surface area contributed by atoms with Gasteiger partial charge in [0.05, 0.1) is 18.7 Å². The molecule has 1 fully saturated rings. The summed E-state index contributed by atoms with van der Waals surface area (Å²) >= 11 is 1.58. The first-order chi connectivity index (χ1) is 12.4. The minimum atomic E-state index is 0.204. The molecule has 25 heavy (non-hydrogen) atoms. The zero-order valence-corrected chi connectivity index (χ0v) is 14.6. The van der Waals surface area contributed by atoms with Crippen LogP contribution in [0.4, 0.5) is 0 Å². The molecule has 1 aliphatic rings. The first-order valence-electron chi connectivity index (χ1n) is 8.48. The summed E-state index contributed by atoms with van der Waals surface area (Å²) in [5.74, 6) is 1.57.